The van der Waals surface area contributed by atoms with Crippen LogP contribution in [0.3, 0.4) is 0 Å². The summed E-state index contributed by atoms with van der Waals surface area (Å²) in [6.07, 6.45) is -4.41. The molecular weight excluding hydrogens is 457 g/mol. The lowest BCUT2D eigenvalue weighted by molar-refractivity contribution is -0.137. The first-order chi connectivity index (χ1) is 16.7. The predicted molar refractivity (Wildman–Crippen MR) is 128 cm³/mol. The van der Waals surface area contributed by atoms with Crippen LogP contribution in [0, 0.1) is 0 Å². The molecule has 0 saturated carbocycles. The number of nitrogens with zero attached hydrogens (tertiary/aromatic N) is 3. The van der Waals surface area contributed by atoms with Gasteiger partial charge in [-0.3, -0.25) is 9.36 Å². The van der Waals surface area contributed by atoms with Crippen LogP contribution in [0.5, 0.6) is 0 Å². The van der Waals surface area contributed by atoms with Gasteiger partial charge >= 0.3 is 6.18 Å². The van der Waals surface area contributed by atoms with Gasteiger partial charge < -0.3 is 16.8 Å². The van der Waals surface area contributed by atoms with Crippen molar-refractivity contribution in [3.05, 3.63) is 89.5 Å². The van der Waals surface area contributed by atoms with E-state index in [2.05, 4.69) is 15.3 Å². The van der Waals surface area contributed by atoms with Gasteiger partial charge in [-0.1, -0.05) is 30.3 Å². The van der Waals surface area contributed by atoms with Gasteiger partial charge in [0.05, 0.1) is 22.3 Å². The van der Waals surface area contributed by atoms with Crippen molar-refractivity contribution in [3.63, 3.8) is 0 Å². The minimum Gasteiger partial charge on any atom is -0.384 e. The summed E-state index contributed by atoms with van der Waals surface area (Å²) in [4.78, 5) is 21.4. The number of para-hydroxylation sites is 2. The van der Waals surface area contributed by atoms with Gasteiger partial charge in [0, 0.05) is 12.2 Å². The SMILES string of the molecule is NC(=O)c1c(N)n(-c2cccc(NCc3cccc(C(F)(F)F)c3)c2)c2nc3ccccc3nc12. The van der Waals surface area contributed by atoms with Gasteiger partial charge in [0.15, 0.2) is 5.65 Å². The highest BCUT2D eigenvalue weighted by molar-refractivity contribution is 6.10. The van der Waals surface area contributed by atoms with Gasteiger partial charge in [-0.05, 0) is 48.0 Å². The monoisotopic (exact) mass is 476 g/mol. The van der Waals surface area contributed by atoms with Crippen molar-refractivity contribution in [1.29, 1.82) is 0 Å². The molecule has 7 nitrogen and oxygen atoms in total. The fraction of sp³-hybridized carbons (Fsp3) is 0.0800. The predicted octanol–water partition coefficient (Wildman–Crippen LogP) is 4.89. The third-order valence-electron chi connectivity index (χ3n) is 5.60. The number of benzene rings is 3. The normalized spacial score (nSPS) is 11.7. The standard InChI is InChI=1S/C25H19F3N6O/c26-25(27,28)15-6-3-5-14(11-15)13-31-16-7-4-8-17(12-16)34-22(29)20(23(30)35)21-24(34)33-19-10-2-1-9-18(19)32-21/h1-12,31H,13,29H2,(H2,30,35). The van der Waals surface area contributed by atoms with E-state index in [4.69, 9.17) is 11.5 Å². The summed E-state index contributed by atoms with van der Waals surface area (Å²) in [5.41, 5.74) is 14.9. The van der Waals surface area contributed by atoms with Crippen molar-refractivity contribution < 1.29 is 18.0 Å². The lowest BCUT2D eigenvalue weighted by Crippen LogP contribution is -2.14. The van der Waals surface area contributed by atoms with Crippen LogP contribution in [-0.4, -0.2) is 20.4 Å². The Balaban J connectivity index is 1.54. The maximum atomic E-state index is 13.0. The Bertz CT molecular complexity index is 1590. The molecule has 0 aliphatic rings. The van der Waals surface area contributed by atoms with E-state index in [1.807, 2.05) is 12.1 Å². The number of anilines is 2. The summed E-state index contributed by atoms with van der Waals surface area (Å²) < 4.78 is 40.6. The average Bonchev–Trinajstić information content (AvgIpc) is 3.12. The van der Waals surface area contributed by atoms with E-state index in [0.29, 0.717) is 33.6 Å². The van der Waals surface area contributed by atoms with E-state index in [1.165, 1.54) is 6.07 Å². The highest BCUT2D eigenvalue weighted by Crippen LogP contribution is 2.32. The number of fused-ring (bicyclic) bond motifs is 2. The van der Waals surface area contributed by atoms with Gasteiger partial charge in [0.25, 0.3) is 5.91 Å². The minimum atomic E-state index is -4.41. The largest absolute Gasteiger partial charge is 0.416 e. The summed E-state index contributed by atoms with van der Waals surface area (Å²) in [5.74, 6) is -0.632. The lowest BCUT2D eigenvalue weighted by atomic mass is 10.1. The summed E-state index contributed by atoms with van der Waals surface area (Å²) in [5, 5.41) is 3.13. The van der Waals surface area contributed by atoms with Crippen molar-refractivity contribution in [3.8, 4) is 5.69 Å². The van der Waals surface area contributed by atoms with Crippen LogP contribution in [0.25, 0.3) is 27.9 Å². The van der Waals surface area contributed by atoms with E-state index < -0.39 is 17.6 Å². The Morgan fingerprint density at radius 3 is 2.37 bits per heavy atom. The first-order valence-electron chi connectivity index (χ1n) is 10.6. The summed E-state index contributed by atoms with van der Waals surface area (Å²) in [6, 6.07) is 19.4. The van der Waals surface area contributed by atoms with Crippen LogP contribution in [-0.2, 0) is 12.7 Å². The number of carbonyl (C=O) groups excluding carboxylic acids is 1. The second kappa shape index (κ2) is 8.32. The molecule has 10 heteroatoms. The van der Waals surface area contributed by atoms with Crippen LogP contribution in [0.15, 0.2) is 72.8 Å². The summed E-state index contributed by atoms with van der Waals surface area (Å²) >= 11 is 0. The van der Waals surface area contributed by atoms with Gasteiger partial charge in [-0.15, -0.1) is 0 Å². The Morgan fingerprint density at radius 1 is 0.943 bits per heavy atom. The molecule has 5 N–H and O–H groups in total. The number of amides is 1. The molecule has 0 aliphatic carbocycles. The third-order valence-corrected chi connectivity index (χ3v) is 5.60. The Kier molecular flexibility index (Phi) is 5.28. The number of primary amides is 1. The van der Waals surface area contributed by atoms with Gasteiger partial charge in [0.1, 0.15) is 16.9 Å². The molecule has 0 unspecified atom stereocenters. The highest BCUT2D eigenvalue weighted by atomic mass is 19.4. The molecule has 0 fully saturated rings. The smallest absolute Gasteiger partial charge is 0.384 e. The molecule has 0 saturated heterocycles. The number of alkyl halides is 3. The molecule has 0 radical (unpaired) electrons. The topological polar surface area (TPSA) is 112 Å². The quantitative estimate of drug-likeness (QED) is 0.335. The first-order valence-corrected chi connectivity index (χ1v) is 10.6. The Hall–Kier alpha value is -4.60. The van der Waals surface area contributed by atoms with Crippen LogP contribution in [0.4, 0.5) is 24.7 Å². The maximum Gasteiger partial charge on any atom is 0.416 e. The van der Waals surface area contributed by atoms with Crippen molar-refractivity contribution in [1.82, 2.24) is 14.5 Å². The molecule has 1 amide bonds. The fourth-order valence-electron chi connectivity index (χ4n) is 3.98. The molecule has 5 rings (SSSR count). The highest BCUT2D eigenvalue weighted by Gasteiger charge is 2.30. The molecule has 0 aliphatic heterocycles. The number of aromatic nitrogens is 3. The summed E-state index contributed by atoms with van der Waals surface area (Å²) in [7, 11) is 0. The number of hydrogen-bond donors (Lipinski definition) is 3. The molecule has 5 aromatic rings. The second-order valence-electron chi connectivity index (χ2n) is 7.95. The number of nitrogen functional groups attached to an aromatic ring is 1. The molecule has 176 valence electrons. The molecule has 2 heterocycles. The van der Waals surface area contributed by atoms with Crippen molar-refractivity contribution in [2.45, 2.75) is 12.7 Å². The van der Waals surface area contributed by atoms with Gasteiger partial charge in [-0.2, -0.15) is 13.2 Å². The first kappa shape index (κ1) is 22.2. The average molecular weight is 476 g/mol. The van der Waals surface area contributed by atoms with Gasteiger partial charge in [0.2, 0.25) is 0 Å². The van der Waals surface area contributed by atoms with Crippen molar-refractivity contribution in [2.75, 3.05) is 11.1 Å². The lowest BCUT2D eigenvalue weighted by Gasteiger charge is -2.12. The number of nitrogens with one attached hydrogen (secondary N) is 1. The van der Waals surface area contributed by atoms with Crippen LogP contribution >= 0.6 is 0 Å². The van der Waals surface area contributed by atoms with Crippen LogP contribution < -0.4 is 16.8 Å². The minimum absolute atomic E-state index is 0.0700. The molecule has 3 aromatic carbocycles. The zero-order valence-corrected chi connectivity index (χ0v) is 18.2. The van der Waals surface area contributed by atoms with E-state index in [-0.39, 0.29) is 23.4 Å². The fourth-order valence-corrected chi connectivity index (χ4v) is 3.98. The van der Waals surface area contributed by atoms with Crippen molar-refractivity contribution >= 4 is 39.6 Å². The number of carbonyl (C=O) groups is 1. The molecule has 35 heavy (non-hydrogen) atoms. The van der Waals surface area contributed by atoms with E-state index in [0.717, 1.165) is 12.1 Å². The van der Waals surface area contributed by atoms with E-state index in [1.54, 1.807) is 47.0 Å². The van der Waals surface area contributed by atoms with E-state index in [9.17, 15) is 18.0 Å². The number of rotatable bonds is 5. The van der Waals surface area contributed by atoms with Crippen molar-refractivity contribution in [2.24, 2.45) is 5.73 Å². The van der Waals surface area contributed by atoms with E-state index >= 15 is 0 Å². The molecule has 0 spiro atoms. The molecular formula is C25H19F3N6O. The number of hydrogen-bond acceptors (Lipinski definition) is 5. The molecule has 2 aromatic heterocycles. The maximum absolute atomic E-state index is 13.0. The van der Waals surface area contributed by atoms with Gasteiger partial charge in [-0.25, -0.2) is 9.97 Å². The summed E-state index contributed by atoms with van der Waals surface area (Å²) in [6.45, 7) is 0.173. The molecule has 0 bridgehead atoms. The number of nitrogens with two attached hydrogens (primary N) is 2. The third kappa shape index (κ3) is 4.10. The zero-order valence-electron chi connectivity index (χ0n) is 18.2. The Labute approximate surface area is 197 Å². The van der Waals surface area contributed by atoms with Crippen LogP contribution in [0.2, 0.25) is 0 Å². The van der Waals surface area contributed by atoms with Crippen LogP contribution in [0.1, 0.15) is 21.5 Å². The Morgan fingerprint density at radius 2 is 1.66 bits per heavy atom. The molecule has 0 atom stereocenters. The zero-order chi connectivity index (χ0) is 24.7. The second-order valence-corrected chi connectivity index (χ2v) is 7.95. The number of halogens is 3.